The zero-order valence-corrected chi connectivity index (χ0v) is 15.9. The summed E-state index contributed by atoms with van der Waals surface area (Å²) in [6, 6.07) is 13.2. The van der Waals surface area contributed by atoms with E-state index in [1.807, 2.05) is 49.4 Å². The molecule has 1 unspecified atom stereocenters. The van der Waals surface area contributed by atoms with E-state index in [1.165, 1.54) is 0 Å². The summed E-state index contributed by atoms with van der Waals surface area (Å²) in [5.41, 5.74) is 3.64. The second-order valence-electron chi connectivity index (χ2n) is 6.53. The largest absolute Gasteiger partial charge is 0.369 e. The Balaban J connectivity index is 1.73. The molecule has 1 aliphatic rings. The molecule has 2 aromatic rings. The maximum atomic E-state index is 15.1. The molecule has 1 fully saturated rings. The van der Waals surface area contributed by atoms with Gasteiger partial charge in [0.05, 0.1) is 0 Å². The molecule has 1 aliphatic heterocycles. The Bertz CT molecular complexity index is 727. The van der Waals surface area contributed by atoms with E-state index in [9.17, 15) is 0 Å². The molecule has 0 radical (unpaired) electrons. The molecule has 1 atom stereocenters. The van der Waals surface area contributed by atoms with E-state index < -0.39 is 5.13 Å². The van der Waals surface area contributed by atoms with Crippen LogP contribution in [0.3, 0.4) is 0 Å². The van der Waals surface area contributed by atoms with Gasteiger partial charge >= 0.3 is 0 Å². The first-order valence-corrected chi connectivity index (χ1v) is 9.41. The Morgan fingerprint density at radius 1 is 1.16 bits per heavy atom. The van der Waals surface area contributed by atoms with Crippen LogP contribution < -0.4 is 10.2 Å². The minimum absolute atomic E-state index is 0.185. The number of piperazine rings is 1. The van der Waals surface area contributed by atoms with E-state index in [0.29, 0.717) is 17.0 Å². The predicted octanol–water partition coefficient (Wildman–Crippen LogP) is 5.05. The highest BCUT2D eigenvalue weighted by Crippen LogP contribution is 2.38. The molecule has 1 heterocycles. The van der Waals surface area contributed by atoms with Crippen molar-refractivity contribution in [3.8, 4) is 0 Å². The predicted molar refractivity (Wildman–Crippen MR) is 105 cm³/mol. The summed E-state index contributed by atoms with van der Waals surface area (Å²) in [5.74, 6) is 0. The summed E-state index contributed by atoms with van der Waals surface area (Å²) in [6.07, 6.45) is 0.684. The molecule has 1 N–H and O–H groups in total. The zero-order valence-electron chi connectivity index (χ0n) is 14.4. The van der Waals surface area contributed by atoms with Gasteiger partial charge in [-0.2, -0.15) is 0 Å². The summed E-state index contributed by atoms with van der Waals surface area (Å²) in [7, 11) is 0. The lowest BCUT2D eigenvalue weighted by atomic mass is 9.99. The Morgan fingerprint density at radius 3 is 2.56 bits per heavy atom. The number of anilines is 1. The second-order valence-corrected chi connectivity index (χ2v) is 7.54. The molecule has 0 amide bonds. The number of halogens is 3. The van der Waals surface area contributed by atoms with Gasteiger partial charge in [0.15, 0.2) is 0 Å². The van der Waals surface area contributed by atoms with E-state index in [-0.39, 0.29) is 6.42 Å². The van der Waals surface area contributed by atoms with Crippen molar-refractivity contribution < 1.29 is 4.39 Å². The van der Waals surface area contributed by atoms with Crippen LogP contribution in [0.2, 0.25) is 5.02 Å². The third-order valence-corrected chi connectivity index (χ3v) is 5.52. The standard InChI is InChI=1S/C20H23Cl2FN2/c1-15-14-17(6-7-19(15)25-12-10-24-11-13-25)20(22,23)9-8-16-4-2-3-5-18(16)21/h2-7,14,24H,8-13H2,1H3. The van der Waals surface area contributed by atoms with Crippen molar-refractivity contribution in [3.63, 3.8) is 0 Å². The highest BCUT2D eigenvalue weighted by Gasteiger charge is 2.29. The van der Waals surface area contributed by atoms with Crippen molar-refractivity contribution >= 4 is 28.9 Å². The summed E-state index contributed by atoms with van der Waals surface area (Å²) >= 11 is 12.4. The normalized spacial score (nSPS) is 17.4. The average Bonchev–Trinajstić information content (AvgIpc) is 2.62. The average molecular weight is 381 g/mol. The zero-order chi connectivity index (χ0) is 17.9. The molecule has 3 rings (SSSR count). The number of alkyl halides is 2. The van der Waals surface area contributed by atoms with Crippen molar-refractivity contribution in [2.75, 3.05) is 31.1 Å². The fourth-order valence-corrected chi connectivity index (χ4v) is 3.72. The highest BCUT2D eigenvalue weighted by molar-refractivity contribution is 6.31. The van der Waals surface area contributed by atoms with Gasteiger partial charge in [0.25, 0.3) is 0 Å². The van der Waals surface area contributed by atoms with Crippen molar-refractivity contribution in [3.05, 3.63) is 64.2 Å². The topological polar surface area (TPSA) is 15.3 Å². The molecule has 2 nitrogen and oxygen atoms in total. The quantitative estimate of drug-likeness (QED) is 0.729. The Labute approximate surface area is 158 Å². The summed E-state index contributed by atoms with van der Waals surface area (Å²) in [6.45, 7) is 5.90. The SMILES string of the molecule is Cc1cc(C(F)(Cl)CCc2ccccc2Cl)ccc1N1CCNCC1. The molecule has 5 heteroatoms. The van der Waals surface area contributed by atoms with Crippen LogP contribution in [0, 0.1) is 6.92 Å². The van der Waals surface area contributed by atoms with Gasteiger partial charge < -0.3 is 10.2 Å². The first-order chi connectivity index (χ1) is 12.0. The maximum Gasteiger partial charge on any atom is 0.209 e. The smallest absolute Gasteiger partial charge is 0.209 e. The molecule has 0 saturated carbocycles. The monoisotopic (exact) mass is 380 g/mol. The number of aryl methyl sites for hydroxylation is 2. The summed E-state index contributed by atoms with van der Waals surface area (Å²) < 4.78 is 15.1. The van der Waals surface area contributed by atoms with Crippen molar-refractivity contribution in [1.29, 1.82) is 0 Å². The number of nitrogens with zero attached hydrogens (tertiary/aromatic N) is 1. The third kappa shape index (κ3) is 4.46. The van der Waals surface area contributed by atoms with E-state index in [2.05, 4.69) is 10.2 Å². The first kappa shape index (κ1) is 18.5. The Hall–Kier alpha value is -1.29. The van der Waals surface area contributed by atoms with Crippen LogP contribution in [-0.2, 0) is 11.5 Å². The van der Waals surface area contributed by atoms with Gasteiger partial charge in [-0.1, -0.05) is 47.5 Å². The lowest BCUT2D eigenvalue weighted by Gasteiger charge is -2.31. The van der Waals surface area contributed by atoms with Crippen LogP contribution >= 0.6 is 23.2 Å². The molecular weight excluding hydrogens is 358 g/mol. The van der Waals surface area contributed by atoms with E-state index >= 15 is 4.39 Å². The molecule has 0 aliphatic carbocycles. The number of benzene rings is 2. The molecule has 25 heavy (non-hydrogen) atoms. The van der Waals surface area contributed by atoms with Gasteiger partial charge in [-0.05, 0) is 42.7 Å². The van der Waals surface area contributed by atoms with Crippen LogP contribution in [0.4, 0.5) is 10.1 Å². The highest BCUT2D eigenvalue weighted by atomic mass is 35.5. The van der Waals surface area contributed by atoms with Crippen molar-refractivity contribution in [2.24, 2.45) is 0 Å². The fraction of sp³-hybridized carbons (Fsp3) is 0.400. The van der Waals surface area contributed by atoms with E-state index in [0.717, 1.165) is 43.0 Å². The van der Waals surface area contributed by atoms with Crippen molar-refractivity contribution in [2.45, 2.75) is 24.9 Å². The van der Waals surface area contributed by atoms with Gasteiger partial charge in [-0.3, -0.25) is 0 Å². The van der Waals surface area contributed by atoms with Gasteiger partial charge in [0.2, 0.25) is 5.13 Å². The number of hydrogen-bond acceptors (Lipinski definition) is 2. The molecule has 0 bridgehead atoms. The maximum absolute atomic E-state index is 15.1. The number of nitrogens with one attached hydrogen (secondary N) is 1. The number of rotatable bonds is 5. The van der Waals surface area contributed by atoms with Gasteiger partial charge in [0, 0.05) is 48.9 Å². The van der Waals surface area contributed by atoms with Crippen LogP contribution in [0.1, 0.15) is 23.1 Å². The van der Waals surface area contributed by atoms with Crippen LogP contribution in [0.25, 0.3) is 0 Å². The first-order valence-electron chi connectivity index (χ1n) is 8.65. The van der Waals surface area contributed by atoms with E-state index in [4.69, 9.17) is 23.2 Å². The molecule has 2 aromatic carbocycles. The lowest BCUT2D eigenvalue weighted by Crippen LogP contribution is -2.43. The molecule has 134 valence electrons. The fourth-order valence-electron chi connectivity index (χ4n) is 3.28. The lowest BCUT2D eigenvalue weighted by molar-refractivity contribution is 0.265. The van der Waals surface area contributed by atoms with Crippen LogP contribution in [0.5, 0.6) is 0 Å². The minimum Gasteiger partial charge on any atom is -0.369 e. The minimum atomic E-state index is -1.90. The Morgan fingerprint density at radius 2 is 1.88 bits per heavy atom. The van der Waals surface area contributed by atoms with Crippen LogP contribution in [0.15, 0.2) is 42.5 Å². The molecule has 1 saturated heterocycles. The van der Waals surface area contributed by atoms with Gasteiger partial charge in [-0.25, -0.2) is 4.39 Å². The third-order valence-electron chi connectivity index (χ3n) is 4.74. The summed E-state index contributed by atoms with van der Waals surface area (Å²) in [4.78, 5) is 2.33. The molecule has 0 aromatic heterocycles. The van der Waals surface area contributed by atoms with Crippen LogP contribution in [-0.4, -0.2) is 26.2 Å². The number of hydrogen-bond donors (Lipinski definition) is 1. The van der Waals surface area contributed by atoms with E-state index in [1.54, 1.807) is 0 Å². The molecular formula is C20H23Cl2FN2. The Kier molecular flexibility index (Phi) is 5.88. The second kappa shape index (κ2) is 7.94. The van der Waals surface area contributed by atoms with Crippen molar-refractivity contribution in [1.82, 2.24) is 5.32 Å². The summed E-state index contributed by atoms with van der Waals surface area (Å²) in [5, 5.41) is 2.10. The molecule has 0 spiro atoms. The van der Waals surface area contributed by atoms with Gasteiger partial charge in [0.1, 0.15) is 0 Å². The van der Waals surface area contributed by atoms with Gasteiger partial charge in [-0.15, -0.1) is 0 Å².